The molecule has 1 aliphatic rings. The molecule has 1 saturated carbocycles. The van der Waals surface area contributed by atoms with Crippen LogP contribution < -0.4 is 16.0 Å². The average molecular weight is 402 g/mol. The highest BCUT2D eigenvalue weighted by Crippen LogP contribution is 2.30. The lowest BCUT2D eigenvalue weighted by molar-refractivity contribution is 0.414. The van der Waals surface area contributed by atoms with Crippen molar-refractivity contribution < 1.29 is 4.74 Å². The van der Waals surface area contributed by atoms with Gasteiger partial charge in [-0.1, -0.05) is 30.3 Å². The second-order valence-corrected chi connectivity index (χ2v) is 7.71. The summed E-state index contributed by atoms with van der Waals surface area (Å²) in [6.45, 7) is 0.931. The molecule has 0 unspecified atom stereocenters. The predicted octanol–water partition coefficient (Wildman–Crippen LogP) is 2.82. The summed E-state index contributed by atoms with van der Waals surface area (Å²) in [5.74, 6) is 1.17. The van der Waals surface area contributed by atoms with Gasteiger partial charge in [0.1, 0.15) is 5.75 Å². The van der Waals surface area contributed by atoms with Gasteiger partial charge in [-0.25, -0.2) is 14.3 Å². The molecular weight excluding hydrogens is 380 g/mol. The summed E-state index contributed by atoms with van der Waals surface area (Å²) in [7, 11) is 1.63. The van der Waals surface area contributed by atoms with Gasteiger partial charge in [-0.3, -0.25) is 9.36 Å². The van der Waals surface area contributed by atoms with Crippen LogP contribution in [0.4, 0.5) is 0 Å². The molecule has 0 saturated heterocycles. The van der Waals surface area contributed by atoms with E-state index in [-0.39, 0.29) is 11.2 Å². The molecule has 0 atom stereocenters. The topological polar surface area (TPSA) is 71.1 Å². The number of imidazole rings is 1. The lowest BCUT2D eigenvalue weighted by Gasteiger charge is -2.12. The summed E-state index contributed by atoms with van der Waals surface area (Å²) in [5.41, 5.74) is 1.93. The maximum absolute atomic E-state index is 13.3. The lowest BCUT2D eigenvalue weighted by atomic mass is 10.2. The maximum atomic E-state index is 13.3. The molecule has 1 fully saturated rings. The highest BCUT2D eigenvalue weighted by Gasteiger charge is 2.26. The Kier molecular flexibility index (Phi) is 4.50. The van der Waals surface area contributed by atoms with Crippen molar-refractivity contribution in [1.82, 2.24) is 18.7 Å². The first-order chi connectivity index (χ1) is 14.7. The van der Waals surface area contributed by atoms with Crippen molar-refractivity contribution in [3.05, 3.63) is 87.3 Å². The van der Waals surface area contributed by atoms with E-state index >= 15 is 0 Å². The zero-order valence-corrected chi connectivity index (χ0v) is 16.7. The molecule has 0 bridgehead atoms. The number of hydrogen-bond donors (Lipinski definition) is 0. The first-order valence-corrected chi connectivity index (χ1v) is 10.0. The number of para-hydroxylation sites is 1. The van der Waals surface area contributed by atoms with E-state index in [4.69, 9.17) is 4.74 Å². The Morgan fingerprint density at radius 1 is 1.03 bits per heavy atom. The fraction of sp³-hybridized carbons (Fsp3) is 0.261. The molecule has 0 spiro atoms. The van der Waals surface area contributed by atoms with Crippen molar-refractivity contribution in [3.63, 3.8) is 0 Å². The summed E-state index contributed by atoms with van der Waals surface area (Å²) in [5, 5.41) is 0. The number of nitrogens with zero attached hydrogens (tertiary/aromatic N) is 4. The Morgan fingerprint density at radius 2 is 1.77 bits per heavy atom. The van der Waals surface area contributed by atoms with Gasteiger partial charge in [-0.15, -0.1) is 0 Å². The molecule has 0 radical (unpaired) electrons. The smallest absolute Gasteiger partial charge is 0.337 e. The lowest BCUT2D eigenvalue weighted by Crippen LogP contribution is -2.40. The van der Waals surface area contributed by atoms with Crippen LogP contribution in [0, 0.1) is 5.92 Å². The van der Waals surface area contributed by atoms with Crippen molar-refractivity contribution >= 4 is 11.2 Å². The number of benzene rings is 2. The van der Waals surface area contributed by atoms with Gasteiger partial charge in [0.15, 0.2) is 11.2 Å². The van der Waals surface area contributed by atoms with Crippen LogP contribution in [0.1, 0.15) is 18.4 Å². The molecule has 0 aliphatic heterocycles. The van der Waals surface area contributed by atoms with Crippen LogP contribution in [-0.4, -0.2) is 25.8 Å². The average Bonchev–Trinajstić information content (AvgIpc) is 3.51. The SMILES string of the molecule is COc1ccc(Cn2cnc3c2c(=O)n(CC2CC2)c(=O)n3-c2ccccc2)cc1. The van der Waals surface area contributed by atoms with Crippen LogP contribution in [0.2, 0.25) is 0 Å². The van der Waals surface area contributed by atoms with E-state index in [1.54, 1.807) is 18.0 Å². The number of rotatable bonds is 6. The van der Waals surface area contributed by atoms with E-state index < -0.39 is 0 Å². The molecule has 0 N–H and O–H groups in total. The molecule has 7 nitrogen and oxygen atoms in total. The Balaban J connectivity index is 1.70. The van der Waals surface area contributed by atoms with Crippen LogP contribution in [-0.2, 0) is 13.1 Å². The summed E-state index contributed by atoms with van der Waals surface area (Å²) < 4.78 is 9.96. The van der Waals surface area contributed by atoms with E-state index in [0.717, 1.165) is 24.2 Å². The summed E-state index contributed by atoms with van der Waals surface area (Å²) in [6, 6.07) is 17.1. The van der Waals surface area contributed by atoms with Crippen molar-refractivity contribution in [2.45, 2.75) is 25.9 Å². The predicted molar refractivity (Wildman–Crippen MR) is 114 cm³/mol. The molecule has 4 aromatic rings. The summed E-state index contributed by atoms with van der Waals surface area (Å²) >= 11 is 0. The monoisotopic (exact) mass is 402 g/mol. The Bertz CT molecular complexity index is 1310. The molecule has 5 rings (SSSR count). The third-order valence-corrected chi connectivity index (χ3v) is 5.56. The number of aromatic nitrogens is 4. The van der Waals surface area contributed by atoms with Gasteiger partial charge in [-0.2, -0.15) is 0 Å². The second kappa shape index (κ2) is 7.33. The molecule has 0 amide bonds. The maximum Gasteiger partial charge on any atom is 0.337 e. The first kappa shape index (κ1) is 18.4. The Labute approximate surface area is 172 Å². The highest BCUT2D eigenvalue weighted by atomic mass is 16.5. The van der Waals surface area contributed by atoms with Crippen molar-refractivity contribution in [2.75, 3.05) is 7.11 Å². The third kappa shape index (κ3) is 3.22. The molecule has 2 heterocycles. The zero-order chi connectivity index (χ0) is 20.7. The van der Waals surface area contributed by atoms with E-state index in [1.165, 1.54) is 4.57 Å². The first-order valence-electron chi connectivity index (χ1n) is 10.0. The largest absolute Gasteiger partial charge is 0.497 e. The van der Waals surface area contributed by atoms with E-state index in [2.05, 4.69) is 4.98 Å². The van der Waals surface area contributed by atoms with Gasteiger partial charge in [-0.05, 0) is 48.6 Å². The van der Waals surface area contributed by atoms with Gasteiger partial charge in [0.25, 0.3) is 5.56 Å². The van der Waals surface area contributed by atoms with Crippen molar-refractivity contribution in [3.8, 4) is 11.4 Å². The third-order valence-electron chi connectivity index (χ3n) is 5.56. The van der Waals surface area contributed by atoms with E-state index in [0.29, 0.717) is 35.9 Å². The molecule has 30 heavy (non-hydrogen) atoms. The van der Waals surface area contributed by atoms with Gasteiger partial charge in [0.05, 0.1) is 19.1 Å². The van der Waals surface area contributed by atoms with E-state index in [1.807, 2.05) is 59.2 Å². The van der Waals surface area contributed by atoms with Gasteiger partial charge >= 0.3 is 5.69 Å². The molecule has 2 aromatic carbocycles. The van der Waals surface area contributed by atoms with Crippen LogP contribution in [0.25, 0.3) is 16.9 Å². The quantitative estimate of drug-likeness (QED) is 0.497. The van der Waals surface area contributed by atoms with Gasteiger partial charge in [0.2, 0.25) is 0 Å². The van der Waals surface area contributed by atoms with Gasteiger partial charge in [0, 0.05) is 13.1 Å². The molecule has 1 aliphatic carbocycles. The fourth-order valence-corrected chi connectivity index (χ4v) is 3.76. The van der Waals surface area contributed by atoms with Crippen LogP contribution in [0.5, 0.6) is 5.75 Å². The van der Waals surface area contributed by atoms with Crippen LogP contribution >= 0.6 is 0 Å². The molecular formula is C23H22N4O3. The van der Waals surface area contributed by atoms with Crippen LogP contribution in [0.3, 0.4) is 0 Å². The van der Waals surface area contributed by atoms with Gasteiger partial charge < -0.3 is 9.30 Å². The van der Waals surface area contributed by atoms with Crippen molar-refractivity contribution in [2.24, 2.45) is 5.92 Å². The minimum atomic E-state index is -0.333. The minimum absolute atomic E-state index is 0.278. The molecule has 7 heteroatoms. The fourth-order valence-electron chi connectivity index (χ4n) is 3.76. The molecule has 2 aromatic heterocycles. The number of ether oxygens (including phenoxy) is 1. The second-order valence-electron chi connectivity index (χ2n) is 7.71. The zero-order valence-electron chi connectivity index (χ0n) is 16.7. The Morgan fingerprint density at radius 3 is 2.43 bits per heavy atom. The van der Waals surface area contributed by atoms with Crippen LogP contribution in [0.15, 0.2) is 70.5 Å². The number of methoxy groups -OCH3 is 1. The number of fused-ring (bicyclic) bond motifs is 1. The summed E-state index contributed by atoms with van der Waals surface area (Å²) in [4.78, 5) is 31.1. The standard InChI is InChI=1S/C23H22N4O3/c1-30-19-11-9-16(10-12-19)13-25-15-24-21-20(25)22(28)26(14-17-7-8-17)23(29)27(21)18-5-3-2-4-6-18/h2-6,9-12,15,17H,7-8,13-14H2,1H3. The Hall–Kier alpha value is -3.61. The normalized spacial score (nSPS) is 13.6. The minimum Gasteiger partial charge on any atom is -0.497 e. The number of hydrogen-bond acceptors (Lipinski definition) is 4. The van der Waals surface area contributed by atoms with E-state index in [9.17, 15) is 9.59 Å². The molecule has 152 valence electrons. The highest BCUT2D eigenvalue weighted by molar-refractivity contribution is 5.72. The van der Waals surface area contributed by atoms with Crippen molar-refractivity contribution in [1.29, 1.82) is 0 Å². The summed E-state index contributed by atoms with van der Waals surface area (Å²) in [6.07, 6.45) is 3.75.